The fourth-order valence-electron chi connectivity index (χ4n) is 5.12. The molecule has 5 heteroatoms. The van der Waals surface area contributed by atoms with E-state index in [-0.39, 0.29) is 42.2 Å². The Bertz CT molecular complexity index is 754. The molecule has 1 aromatic carbocycles. The summed E-state index contributed by atoms with van der Waals surface area (Å²) < 4.78 is 0. The molecule has 1 N–H and O–H groups in total. The summed E-state index contributed by atoms with van der Waals surface area (Å²) in [5.41, 5.74) is 1.90. The first kappa shape index (κ1) is 14.5. The zero-order chi connectivity index (χ0) is 16.6. The van der Waals surface area contributed by atoms with E-state index < -0.39 is 0 Å². The van der Waals surface area contributed by atoms with E-state index in [1.54, 1.807) is 0 Å². The Morgan fingerprint density at radius 2 is 1.75 bits per heavy atom. The van der Waals surface area contributed by atoms with Crippen LogP contribution in [0.25, 0.3) is 0 Å². The number of likely N-dealkylation sites (tertiary alicyclic amines) is 1. The van der Waals surface area contributed by atoms with Crippen LogP contribution in [0.3, 0.4) is 0 Å². The maximum Gasteiger partial charge on any atom is 0.235 e. The minimum Gasteiger partial charge on any atom is -0.367 e. The Hall–Kier alpha value is -1.81. The standard InChI is InChI=1S/C19H19ClN2O2/c1-9-2-3-10(20)6-15(9)21-8-22-18(23)16-11-4-5-12(14-7-13(11)14)17(16)19(22)24/h2-6,11-14,16-17,21H,7-8H2,1H3/t11-,12-,13-,14-,16+,17+/m0/s1. The van der Waals surface area contributed by atoms with E-state index in [9.17, 15) is 9.59 Å². The number of hydrogen-bond acceptors (Lipinski definition) is 3. The molecule has 2 bridgehead atoms. The number of carbonyl (C=O) groups is 2. The highest BCUT2D eigenvalue weighted by Crippen LogP contribution is 2.65. The van der Waals surface area contributed by atoms with Gasteiger partial charge in [0.05, 0.1) is 18.5 Å². The molecule has 0 radical (unpaired) electrons. The smallest absolute Gasteiger partial charge is 0.235 e. The molecule has 4 aliphatic carbocycles. The molecule has 1 aromatic rings. The van der Waals surface area contributed by atoms with Crippen molar-refractivity contribution in [3.05, 3.63) is 40.9 Å². The first-order valence-electron chi connectivity index (χ1n) is 8.60. The lowest BCUT2D eigenvalue weighted by molar-refractivity contribution is -0.139. The summed E-state index contributed by atoms with van der Waals surface area (Å²) in [5, 5.41) is 3.86. The molecule has 3 fully saturated rings. The average Bonchev–Trinajstić information content (AvgIpc) is 3.35. The van der Waals surface area contributed by atoms with Crippen molar-refractivity contribution in [3.8, 4) is 0 Å². The van der Waals surface area contributed by atoms with Crippen LogP contribution in [0.2, 0.25) is 5.02 Å². The number of imide groups is 1. The molecule has 4 nitrogen and oxygen atoms in total. The Morgan fingerprint density at radius 3 is 2.38 bits per heavy atom. The van der Waals surface area contributed by atoms with Gasteiger partial charge in [-0.25, -0.2) is 0 Å². The maximum absolute atomic E-state index is 12.9. The number of nitrogens with one attached hydrogen (secondary N) is 1. The van der Waals surface area contributed by atoms with Gasteiger partial charge in [0.15, 0.2) is 0 Å². The first-order valence-corrected chi connectivity index (χ1v) is 8.97. The van der Waals surface area contributed by atoms with Crippen LogP contribution in [0.5, 0.6) is 0 Å². The van der Waals surface area contributed by atoms with E-state index in [0.29, 0.717) is 16.9 Å². The molecular formula is C19H19ClN2O2. The van der Waals surface area contributed by atoms with Crippen molar-refractivity contribution in [2.24, 2.45) is 35.5 Å². The third kappa shape index (κ3) is 1.86. The lowest BCUT2D eigenvalue weighted by atomic mass is 9.63. The van der Waals surface area contributed by atoms with Crippen molar-refractivity contribution in [2.45, 2.75) is 13.3 Å². The van der Waals surface area contributed by atoms with Crippen LogP contribution in [0, 0.1) is 42.4 Å². The van der Waals surface area contributed by atoms with Crippen LogP contribution in [-0.4, -0.2) is 23.4 Å². The van der Waals surface area contributed by atoms with Gasteiger partial charge in [0.1, 0.15) is 0 Å². The van der Waals surface area contributed by atoms with Crippen LogP contribution < -0.4 is 5.32 Å². The second-order valence-corrected chi connectivity index (χ2v) is 7.99. The highest BCUT2D eigenvalue weighted by atomic mass is 35.5. The molecule has 0 aromatic heterocycles. The summed E-state index contributed by atoms with van der Waals surface area (Å²) in [6, 6.07) is 5.59. The van der Waals surface area contributed by atoms with Gasteiger partial charge in [0.2, 0.25) is 11.8 Å². The number of carbonyl (C=O) groups excluding carboxylic acids is 2. The van der Waals surface area contributed by atoms with Crippen molar-refractivity contribution in [1.29, 1.82) is 0 Å². The van der Waals surface area contributed by atoms with Crippen molar-refractivity contribution in [1.82, 2.24) is 4.90 Å². The number of anilines is 1. The van der Waals surface area contributed by atoms with Gasteiger partial charge < -0.3 is 5.32 Å². The van der Waals surface area contributed by atoms with Crippen LogP contribution in [0.1, 0.15) is 12.0 Å². The second-order valence-electron chi connectivity index (χ2n) is 7.55. The average molecular weight is 343 g/mol. The van der Waals surface area contributed by atoms with Crippen molar-refractivity contribution >= 4 is 29.1 Å². The molecule has 0 spiro atoms. The fraction of sp³-hybridized carbons (Fsp3) is 0.474. The largest absolute Gasteiger partial charge is 0.367 e. The normalized spacial score (nSPS) is 38.3. The summed E-state index contributed by atoms with van der Waals surface area (Å²) >= 11 is 6.04. The fourth-order valence-corrected chi connectivity index (χ4v) is 5.30. The topological polar surface area (TPSA) is 49.4 Å². The van der Waals surface area contributed by atoms with E-state index in [2.05, 4.69) is 17.5 Å². The van der Waals surface area contributed by atoms with E-state index in [1.807, 2.05) is 25.1 Å². The number of benzene rings is 1. The van der Waals surface area contributed by atoms with E-state index in [4.69, 9.17) is 11.6 Å². The summed E-state index contributed by atoms with van der Waals surface area (Å²) in [7, 11) is 0. The Kier molecular flexibility index (Phi) is 2.94. The zero-order valence-corrected chi connectivity index (χ0v) is 14.2. The molecule has 1 heterocycles. The van der Waals surface area contributed by atoms with Crippen molar-refractivity contribution in [2.75, 3.05) is 12.0 Å². The number of allylic oxidation sites excluding steroid dienone is 2. The van der Waals surface area contributed by atoms with Gasteiger partial charge >= 0.3 is 0 Å². The molecule has 6 rings (SSSR count). The Labute approximate surface area is 145 Å². The SMILES string of the molecule is Cc1ccc(Cl)cc1NCN1C(=O)[C@@H]2[C@H]3C=C[C@@H]([C@@H]4C[C@@H]34)[C@H]2C1=O. The number of aryl methyl sites for hydroxylation is 1. The number of nitrogens with zero attached hydrogens (tertiary/aromatic N) is 1. The lowest BCUT2D eigenvalue weighted by Crippen LogP contribution is -2.40. The highest BCUT2D eigenvalue weighted by Gasteiger charge is 2.66. The second kappa shape index (κ2) is 4.85. The van der Waals surface area contributed by atoms with E-state index in [1.165, 1.54) is 11.3 Å². The van der Waals surface area contributed by atoms with Crippen LogP contribution in [0.15, 0.2) is 30.4 Å². The van der Waals surface area contributed by atoms with E-state index in [0.717, 1.165) is 11.3 Å². The van der Waals surface area contributed by atoms with Gasteiger partial charge in [-0.3, -0.25) is 14.5 Å². The quantitative estimate of drug-likeness (QED) is 0.678. The summed E-state index contributed by atoms with van der Waals surface area (Å²) in [5.74, 6) is 1.58. The summed E-state index contributed by atoms with van der Waals surface area (Å²) in [4.78, 5) is 27.2. The van der Waals surface area contributed by atoms with Crippen molar-refractivity contribution in [3.63, 3.8) is 0 Å². The third-order valence-electron chi connectivity index (χ3n) is 6.38. The molecule has 0 unspecified atom stereocenters. The molecule has 6 atom stereocenters. The monoisotopic (exact) mass is 342 g/mol. The lowest BCUT2D eigenvalue weighted by Gasteiger charge is -2.37. The van der Waals surface area contributed by atoms with Crippen molar-refractivity contribution < 1.29 is 9.59 Å². The van der Waals surface area contributed by atoms with Gasteiger partial charge in [-0.05, 0) is 54.7 Å². The molecular weight excluding hydrogens is 324 g/mol. The molecule has 5 aliphatic rings. The van der Waals surface area contributed by atoms with Crippen LogP contribution in [-0.2, 0) is 9.59 Å². The Balaban J connectivity index is 1.38. The predicted molar refractivity (Wildman–Crippen MR) is 91.2 cm³/mol. The maximum atomic E-state index is 12.9. The van der Waals surface area contributed by atoms with Gasteiger partial charge in [-0.1, -0.05) is 29.8 Å². The molecule has 124 valence electrons. The van der Waals surface area contributed by atoms with Crippen LogP contribution >= 0.6 is 11.6 Å². The van der Waals surface area contributed by atoms with Gasteiger partial charge in [-0.15, -0.1) is 0 Å². The Morgan fingerprint density at radius 1 is 1.12 bits per heavy atom. The minimum absolute atomic E-state index is 0.00174. The summed E-state index contributed by atoms with van der Waals surface area (Å²) in [6.45, 7) is 2.20. The summed E-state index contributed by atoms with van der Waals surface area (Å²) in [6.07, 6.45) is 5.59. The highest BCUT2D eigenvalue weighted by molar-refractivity contribution is 6.30. The van der Waals surface area contributed by atoms with Gasteiger partial charge in [0, 0.05) is 10.7 Å². The molecule has 2 amide bonds. The molecule has 1 aliphatic heterocycles. The first-order chi connectivity index (χ1) is 11.6. The number of rotatable bonds is 3. The van der Waals surface area contributed by atoms with Crippen LogP contribution in [0.4, 0.5) is 5.69 Å². The molecule has 24 heavy (non-hydrogen) atoms. The van der Waals surface area contributed by atoms with Gasteiger partial charge in [0.25, 0.3) is 0 Å². The molecule has 2 saturated carbocycles. The number of hydrogen-bond donors (Lipinski definition) is 1. The number of halogens is 1. The number of amides is 2. The third-order valence-corrected chi connectivity index (χ3v) is 6.62. The zero-order valence-electron chi connectivity index (χ0n) is 13.4. The van der Waals surface area contributed by atoms with Gasteiger partial charge in [-0.2, -0.15) is 0 Å². The minimum atomic E-state index is -0.126. The van der Waals surface area contributed by atoms with E-state index >= 15 is 0 Å². The molecule has 1 saturated heterocycles. The predicted octanol–water partition coefficient (Wildman–Crippen LogP) is 3.07.